The SMILES string of the molecule is CC(=O)NC1(c2cc3c(N[C@H](C)c4cccc(C(F)F)c4F)ncnc3n(C)c2=O)CC2CCC(C1)N2C(C)=O. The van der Waals surface area contributed by atoms with Crippen molar-refractivity contribution >= 4 is 28.7 Å². The fraction of sp³-hybridized carbons (Fsp3) is 0.464. The van der Waals surface area contributed by atoms with E-state index < -0.39 is 29.4 Å². The maximum atomic E-state index is 14.9. The van der Waals surface area contributed by atoms with E-state index >= 15 is 0 Å². The first kappa shape index (κ1) is 27.6. The monoisotopic (exact) mass is 556 g/mol. The summed E-state index contributed by atoms with van der Waals surface area (Å²) in [5.74, 6) is -1.06. The van der Waals surface area contributed by atoms with Crippen LogP contribution >= 0.6 is 0 Å². The van der Waals surface area contributed by atoms with Crippen LogP contribution in [0.4, 0.5) is 19.0 Å². The summed E-state index contributed by atoms with van der Waals surface area (Å²) in [6.07, 6.45) is 0.604. The van der Waals surface area contributed by atoms with Gasteiger partial charge in [0.2, 0.25) is 11.8 Å². The summed E-state index contributed by atoms with van der Waals surface area (Å²) in [4.78, 5) is 49.0. The summed E-state index contributed by atoms with van der Waals surface area (Å²) in [6.45, 7) is 4.55. The Hall–Kier alpha value is -3.96. The fourth-order valence-corrected chi connectivity index (χ4v) is 6.57. The molecule has 2 amide bonds. The zero-order valence-corrected chi connectivity index (χ0v) is 22.7. The molecule has 2 aliphatic heterocycles. The average Bonchev–Trinajstić information content (AvgIpc) is 3.17. The average molecular weight is 557 g/mol. The van der Waals surface area contributed by atoms with Gasteiger partial charge < -0.3 is 15.5 Å². The molecule has 2 aliphatic rings. The van der Waals surface area contributed by atoms with Gasteiger partial charge in [-0.15, -0.1) is 0 Å². The molecule has 0 radical (unpaired) electrons. The lowest BCUT2D eigenvalue weighted by atomic mass is 9.77. The van der Waals surface area contributed by atoms with Crippen molar-refractivity contribution < 1.29 is 22.8 Å². The van der Waals surface area contributed by atoms with E-state index in [1.165, 1.54) is 36.9 Å². The molecule has 40 heavy (non-hydrogen) atoms. The van der Waals surface area contributed by atoms with Crippen molar-refractivity contribution in [2.45, 2.75) is 76.5 Å². The number of rotatable bonds is 6. The van der Waals surface area contributed by atoms with E-state index in [2.05, 4.69) is 20.6 Å². The van der Waals surface area contributed by atoms with Gasteiger partial charge in [0, 0.05) is 44.1 Å². The van der Waals surface area contributed by atoms with Crippen molar-refractivity contribution in [3.05, 3.63) is 63.5 Å². The Bertz CT molecular complexity index is 1540. The van der Waals surface area contributed by atoms with Crippen LogP contribution in [0, 0.1) is 5.82 Å². The lowest BCUT2D eigenvalue weighted by Crippen LogP contribution is -2.59. The summed E-state index contributed by atoms with van der Waals surface area (Å²) >= 11 is 0. The van der Waals surface area contributed by atoms with Crippen LogP contribution < -0.4 is 16.2 Å². The molecular weight excluding hydrogens is 525 g/mol. The number of amides is 2. The molecule has 9 nitrogen and oxygen atoms in total. The standard InChI is InChI=1S/C28H31F3N6O3/c1-14(19-6-5-7-20(23(19)29)24(30)31)34-25-21-10-22(27(40)36(4)26(21)33-13-32-25)28(35-15(2)38)11-17-8-9-18(12-28)37(17)16(3)39/h5-7,10,13-14,17-18,24H,8-9,11-12H2,1-4H3,(H,35,38)(H,32,33,34)/t14-,17?,18?,28?/m1/s1. The highest BCUT2D eigenvalue weighted by molar-refractivity contribution is 5.87. The third kappa shape index (κ3) is 4.58. The van der Waals surface area contributed by atoms with E-state index in [1.54, 1.807) is 20.0 Å². The highest BCUT2D eigenvalue weighted by atomic mass is 19.3. The van der Waals surface area contributed by atoms with Crippen LogP contribution in [-0.2, 0) is 22.2 Å². The summed E-state index contributed by atoms with van der Waals surface area (Å²) in [7, 11) is 1.57. The Morgan fingerprint density at radius 1 is 1.10 bits per heavy atom. The van der Waals surface area contributed by atoms with Gasteiger partial charge in [-0.05, 0) is 38.7 Å². The van der Waals surface area contributed by atoms with Crippen LogP contribution in [0.15, 0.2) is 35.4 Å². The van der Waals surface area contributed by atoms with Gasteiger partial charge in [-0.25, -0.2) is 23.1 Å². The molecule has 0 saturated carbocycles. The molecule has 1 aromatic carbocycles. The summed E-state index contributed by atoms with van der Waals surface area (Å²) in [6, 6.07) is 4.49. The smallest absolute Gasteiger partial charge is 0.266 e. The van der Waals surface area contributed by atoms with E-state index in [-0.39, 0.29) is 40.8 Å². The second-order valence-corrected chi connectivity index (χ2v) is 10.8. The van der Waals surface area contributed by atoms with E-state index in [9.17, 15) is 27.6 Å². The third-order valence-corrected chi connectivity index (χ3v) is 8.20. The second-order valence-electron chi connectivity index (χ2n) is 10.8. The maximum Gasteiger partial charge on any atom is 0.266 e. The van der Waals surface area contributed by atoms with Crippen molar-refractivity contribution in [2.24, 2.45) is 7.05 Å². The molecule has 3 atom stereocenters. The Morgan fingerprint density at radius 3 is 2.35 bits per heavy atom. The lowest BCUT2D eigenvalue weighted by molar-refractivity contribution is -0.135. The topological polar surface area (TPSA) is 109 Å². The minimum atomic E-state index is -2.96. The number of hydrogen-bond donors (Lipinski definition) is 2. The Balaban J connectivity index is 1.61. The van der Waals surface area contributed by atoms with Gasteiger partial charge in [0.15, 0.2) is 0 Å². The van der Waals surface area contributed by atoms with Gasteiger partial charge in [0.1, 0.15) is 23.6 Å². The van der Waals surface area contributed by atoms with Gasteiger partial charge >= 0.3 is 0 Å². The highest BCUT2D eigenvalue weighted by Gasteiger charge is 2.51. The van der Waals surface area contributed by atoms with Crippen LogP contribution in [0.5, 0.6) is 0 Å². The summed E-state index contributed by atoms with van der Waals surface area (Å²) in [5, 5.41) is 6.59. The molecule has 2 N–H and O–H groups in total. The number of pyridine rings is 1. The number of fused-ring (bicyclic) bond motifs is 3. The molecule has 2 aromatic heterocycles. The first-order valence-electron chi connectivity index (χ1n) is 13.2. The van der Waals surface area contributed by atoms with Crippen LogP contribution in [0.3, 0.4) is 0 Å². The number of nitrogens with one attached hydrogen (secondary N) is 2. The van der Waals surface area contributed by atoms with Crippen molar-refractivity contribution in [3.8, 4) is 0 Å². The number of aryl methyl sites for hydroxylation is 1. The number of carbonyl (C=O) groups is 2. The number of benzene rings is 1. The zero-order chi connectivity index (χ0) is 28.9. The van der Waals surface area contributed by atoms with Crippen molar-refractivity contribution in [3.63, 3.8) is 0 Å². The molecule has 212 valence electrons. The quantitative estimate of drug-likeness (QED) is 0.474. The van der Waals surface area contributed by atoms with Gasteiger partial charge in [-0.1, -0.05) is 18.2 Å². The first-order valence-corrected chi connectivity index (χ1v) is 13.2. The van der Waals surface area contributed by atoms with Crippen molar-refractivity contribution in [2.75, 3.05) is 5.32 Å². The molecule has 2 unspecified atom stereocenters. The number of hydrogen-bond acceptors (Lipinski definition) is 6. The molecule has 5 rings (SSSR count). The molecule has 2 bridgehead atoms. The molecule has 2 fully saturated rings. The molecule has 3 aromatic rings. The second kappa shape index (κ2) is 10.2. The third-order valence-electron chi connectivity index (χ3n) is 8.20. The number of nitrogens with zero attached hydrogens (tertiary/aromatic N) is 4. The largest absolute Gasteiger partial charge is 0.363 e. The first-order chi connectivity index (χ1) is 18.9. The van der Waals surface area contributed by atoms with Crippen LogP contribution in [0.2, 0.25) is 0 Å². The fourth-order valence-electron chi connectivity index (χ4n) is 6.57. The Kier molecular flexibility index (Phi) is 7.05. The van der Waals surface area contributed by atoms with Crippen molar-refractivity contribution in [1.82, 2.24) is 24.8 Å². The van der Waals surface area contributed by atoms with E-state index in [0.717, 1.165) is 18.9 Å². The van der Waals surface area contributed by atoms with Gasteiger partial charge in [0.05, 0.1) is 22.5 Å². The molecule has 0 aliphatic carbocycles. The van der Waals surface area contributed by atoms with Gasteiger partial charge in [-0.3, -0.25) is 19.0 Å². The van der Waals surface area contributed by atoms with Crippen LogP contribution in [0.1, 0.15) is 75.6 Å². The number of alkyl halides is 2. The number of piperidine rings is 1. The van der Waals surface area contributed by atoms with Gasteiger partial charge in [0.25, 0.3) is 12.0 Å². The summed E-state index contributed by atoms with van der Waals surface area (Å²) < 4.78 is 42.9. The predicted molar refractivity (Wildman–Crippen MR) is 142 cm³/mol. The molecule has 0 spiro atoms. The Labute approximate surface area is 228 Å². The number of carbonyl (C=O) groups excluding carboxylic acids is 2. The predicted octanol–water partition coefficient (Wildman–Crippen LogP) is 4.08. The summed E-state index contributed by atoms with van der Waals surface area (Å²) in [5.41, 5.74) is -1.37. The molecule has 2 saturated heterocycles. The number of anilines is 1. The number of aromatic nitrogens is 3. The molecular formula is C28H31F3N6O3. The minimum Gasteiger partial charge on any atom is -0.363 e. The zero-order valence-electron chi connectivity index (χ0n) is 22.7. The minimum absolute atomic E-state index is 0.0349. The van der Waals surface area contributed by atoms with Crippen LogP contribution in [0.25, 0.3) is 11.0 Å². The maximum absolute atomic E-state index is 14.9. The normalized spacial score (nSPS) is 22.9. The highest BCUT2D eigenvalue weighted by Crippen LogP contribution is 2.45. The van der Waals surface area contributed by atoms with Gasteiger partial charge in [-0.2, -0.15) is 0 Å². The lowest BCUT2D eigenvalue weighted by Gasteiger charge is -2.46. The molecule has 12 heteroatoms. The van der Waals surface area contributed by atoms with E-state index in [0.29, 0.717) is 29.4 Å². The Morgan fingerprint density at radius 2 is 1.75 bits per heavy atom. The molecule has 4 heterocycles. The van der Waals surface area contributed by atoms with E-state index in [4.69, 9.17) is 0 Å². The van der Waals surface area contributed by atoms with Crippen molar-refractivity contribution in [1.29, 1.82) is 0 Å². The number of halogens is 3. The van der Waals surface area contributed by atoms with E-state index in [1.807, 2.05) is 4.90 Å². The van der Waals surface area contributed by atoms with Crippen LogP contribution in [-0.4, -0.2) is 43.3 Å².